The van der Waals surface area contributed by atoms with Crippen molar-refractivity contribution in [3.8, 4) is 11.4 Å². The molecule has 4 rings (SSSR count). The summed E-state index contributed by atoms with van der Waals surface area (Å²) < 4.78 is 22.0. The zero-order valence-corrected chi connectivity index (χ0v) is 12.2. The molecule has 0 aliphatic heterocycles. The third kappa shape index (κ3) is 2.30. The molecule has 1 fully saturated rings. The van der Waals surface area contributed by atoms with Crippen molar-refractivity contribution < 1.29 is 19.0 Å². The van der Waals surface area contributed by atoms with Crippen LogP contribution in [-0.2, 0) is 0 Å². The van der Waals surface area contributed by atoms with Gasteiger partial charge in [0.2, 0.25) is 5.43 Å². The van der Waals surface area contributed by atoms with Gasteiger partial charge in [-0.3, -0.25) is 4.79 Å². The lowest BCUT2D eigenvalue weighted by Crippen LogP contribution is -2.16. The Hall–Kier alpha value is -3.23. The number of rotatable bonds is 3. The minimum atomic E-state index is -1.59. The predicted octanol–water partition coefficient (Wildman–Crippen LogP) is 2.11. The number of benzene rings is 1. The Balaban J connectivity index is 2.01. The van der Waals surface area contributed by atoms with Crippen LogP contribution < -0.4 is 10.2 Å². The summed E-state index contributed by atoms with van der Waals surface area (Å²) in [5.74, 6) is -1.00. The van der Waals surface area contributed by atoms with Gasteiger partial charge in [0.25, 0.3) is 0 Å². The van der Waals surface area contributed by atoms with Gasteiger partial charge in [-0.15, -0.1) is 5.10 Å². The summed E-state index contributed by atoms with van der Waals surface area (Å²) in [6.45, 7) is 0. The fourth-order valence-corrected chi connectivity index (χ4v) is 2.67. The summed E-state index contributed by atoms with van der Waals surface area (Å²) in [7, 11) is 0. The average Bonchev–Trinajstić information content (AvgIpc) is 3.24. The van der Waals surface area contributed by atoms with Crippen molar-refractivity contribution >= 4 is 17.1 Å². The second-order valence-electron chi connectivity index (χ2n) is 5.50. The number of hydrogen-bond acceptors (Lipinski definition) is 5. The molecule has 1 saturated carbocycles. The number of pyridine rings is 1. The lowest BCUT2D eigenvalue weighted by atomic mass is 10.1. The van der Waals surface area contributed by atoms with Crippen LogP contribution in [0.3, 0.4) is 0 Å². The molecule has 24 heavy (non-hydrogen) atoms. The van der Waals surface area contributed by atoms with Crippen molar-refractivity contribution in [3.63, 3.8) is 0 Å². The second kappa shape index (κ2) is 5.15. The third-order valence-electron chi connectivity index (χ3n) is 3.87. The Bertz CT molecular complexity index is 1010. The van der Waals surface area contributed by atoms with E-state index in [1.54, 1.807) is 4.57 Å². The molecule has 0 bridgehead atoms. The number of ether oxygens (including phenoxy) is 1. The monoisotopic (exact) mass is 330 g/mol. The van der Waals surface area contributed by atoms with Crippen LogP contribution in [0.1, 0.15) is 18.9 Å². The highest BCUT2D eigenvalue weighted by atomic mass is 19.1. The molecule has 1 aromatic carbocycles. The molecule has 0 radical (unpaired) electrons. The average molecular weight is 330 g/mol. The highest BCUT2D eigenvalue weighted by molar-refractivity contribution is 5.83. The van der Waals surface area contributed by atoms with E-state index in [9.17, 15) is 14.0 Å². The Morgan fingerprint density at radius 2 is 2.17 bits per heavy atom. The van der Waals surface area contributed by atoms with Gasteiger partial charge in [0, 0.05) is 6.04 Å². The molecule has 0 spiro atoms. The maximum atomic E-state index is 14.4. The first-order valence-corrected chi connectivity index (χ1v) is 7.20. The molecule has 1 N–H and O–H groups in total. The summed E-state index contributed by atoms with van der Waals surface area (Å²) in [4.78, 5) is 23.2. The Kier molecular flexibility index (Phi) is 3.08. The number of fused-ring (bicyclic) bond motifs is 1. The van der Waals surface area contributed by atoms with Gasteiger partial charge >= 0.3 is 6.16 Å². The minimum absolute atomic E-state index is 0.0574. The van der Waals surface area contributed by atoms with Crippen LogP contribution in [0, 0.1) is 5.82 Å². The number of aromatic nitrogens is 4. The molecule has 3 aromatic rings. The van der Waals surface area contributed by atoms with Crippen molar-refractivity contribution in [3.05, 3.63) is 46.8 Å². The van der Waals surface area contributed by atoms with Crippen LogP contribution in [0.2, 0.25) is 0 Å². The van der Waals surface area contributed by atoms with Crippen LogP contribution >= 0.6 is 0 Å². The number of halogens is 1. The van der Waals surface area contributed by atoms with Gasteiger partial charge in [0.15, 0.2) is 5.75 Å². The molecule has 0 unspecified atom stereocenters. The molecular formula is C15H11FN4O4. The van der Waals surface area contributed by atoms with Crippen LogP contribution in [0.4, 0.5) is 9.18 Å². The molecule has 2 aromatic heterocycles. The highest BCUT2D eigenvalue weighted by Gasteiger charge is 2.27. The Morgan fingerprint density at radius 3 is 2.79 bits per heavy atom. The van der Waals surface area contributed by atoms with E-state index in [-0.39, 0.29) is 22.9 Å². The highest BCUT2D eigenvalue weighted by Crippen LogP contribution is 2.38. The number of carbonyl (C=O) groups is 1. The molecule has 8 nitrogen and oxygen atoms in total. The van der Waals surface area contributed by atoms with Crippen LogP contribution in [0.5, 0.6) is 5.75 Å². The summed E-state index contributed by atoms with van der Waals surface area (Å²) in [5, 5.41) is 16.2. The fourth-order valence-electron chi connectivity index (χ4n) is 2.67. The van der Waals surface area contributed by atoms with Crippen LogP contribution in [0.25, 0.3) is 16.6 Å². The Labute approximate surface area is 133 Å². The zero-order valence-electron chi connectivity index (χ0n) is 12.2. The van der Waals surface area contributed by atoms with E-state index in [0.717, 1.165) is 18.9 Å². The first-order valence-electron chi connectivity index (χ1n) is 7.20. The second-order valence-corrected chi connectivity index (χ2v) is 5.50. The van der Waals surface area contributed by atoms with Gasteiger partial charge in [-0.05, 0) is 25.0 Å². The number of hydrogen-bond donors (Lipinski definition) is 1. The topological polar surface area (TPSA) is 99.2 Å². The Morgan fingerprint density at radius 1 is 1.38 bits per heavy atom. The third-order valence-corrected chi connectivity index (χ3v) is 3.87. The smallest absolute Gasteiger partial charge is 0.449 e. The zero-order chi connectivity index (χ0) is 16.8. The standard InChI is InChI=1S/C15H11FN4O4/c16-10-5-9-11(6-12(10)20-4-3-17-18-20)19(8-1-2-8)7-13(14(9)21)24-15(22)23/h3-8H,1-2H2,(H,22,23). The molecule has 0 atom stereocenters. The normalized spacial score (nSPS) is 14.0. The molecular weight excluding hydrogens is 319 g/mol. The lowest BCUT2D eigenvalue weighted by Gasteiger charge is -2.13. The first-order chi connectivity index (χ1) is 11.5. The van der Waals surface area contributed by atoms with Crippen molar-refractivity contribution in [2.45, 2.75) is 18.9 Å². The molecule has 2 heterocycles. The van der Waals surface area contributed by atoms with Gasteiger partial charge in [0.1, 0.15) is 11.5 Å². The maximum Gasteiger partial charge on any atom is 0.511 e. The van der Waals surface area contributed by atoms with Crippen LogP contribution in [-0.4, -0.2) is 30.8 Å². The minimum Gasteiger partial charge on any atom is -0.449 e. The van der Waals surface area contributed by atoms with Crippen molar-refractivity contribution in [2.75, 3.05) is 0 Å². The summed E-state index contributed by atoms with van der Waals surface area (Å²) in [6.07, 6.45) is 4.46. The maximum absolute atomic E-state index is 14.4. The van der Waals surface area contributed by atoms with Crippen molar-refractivity contribution in [2.24, 2.45) is 0 Å². The van der Waals surface area contributed by atoms with Gasteiger partial charge in [-0.2, -0.15) is 0 Å². The molecule has 1 aliphatic rings. The van der Waals surface area contributed by atoms with Gasteiger partial charge in [0.05, 0.1) is 29.5 Å². The first kappa shape index (κ1) is 14.4. The molecule has 0 saturated heterocycles. The number of nitrogens with zero attached hydrogens (tertiary/aromatic N) is 4. The van der Waals surface area contributed by atoms with Gasteiger partial charge in [-0.25, -0.2) is 13.9 Å². The number of carboxylic acid groups (broad SMARTS) is 1. The van der Waals surface area contributed by atoms with E-state index in [1.165, 1.54) is 29.3 Å². The van der Waals surface area contributed by atoms with E-state index >= 15 is 0 Å². The summed E-state index contributed by atoms with van der Waals surface area (Å²) in [6, 6.07) is 2.70. The van der Waals surface area contributed by atoms with Crippen molar-refractivity contribution in [1.82, 2.24) is 19.6 Å². The van der Waals surface area contributed by atoms with Gasteiger partial charge in [-0.1, -0.05) is 5.21 Å². The van der Waals surface area contributed by atoms with E-state index in [4.69, 9.17) is 5.11 Å². The van der Waals surface area contributed by atoms with E-state index in [2.05, 4.69) is 15.0 Å². The molecule has 122 valence electrons. The van der Waals surface area contributed by atoms with E-state index in [0.29, 0.717) is 5.52 Å². The lowest BCUT2D eigenvalue weighted by molar-refractivity contribution is 0.143. The SMILES string of the molecule is O=C(O)Oc1cn(C2CC2)c2cc(-n3ccnn3)c(F)cc2c1=O. The fraction of sp³-hybridized carbons (Fsp3) is 0.200. The van der Waals surface area contributed by atoms with Crippen LogP contribution in [0.15, 0.2) is 35.5 Å². The van der Waals surface area contributed by atoms with Gasteiger partial charge < -0.3 is 14.4 Å². The van der Waals surface area contributed by atoms with Crippen molar-refractivity contribution in [1.29, 1.82) is 0 Å². The molecule has 0 amide bonds. The summed E-state index contributed by atoms with van der Waals surface area (Å²) >= 11 is 0. The molecule has 9 heteroatoms. The van der Waals surface area contributed by atoms with E-state index < -0.39 is 17.4 Å². The largest absolute Gasteiger partial charge is 0.511 e. The quantitative estimate of drug-likeness (QED) is 0.738. The predicted molar refractivity (Wildman–Crippen MR) is 80.0 cm³/mol. The molecule has 1 aliphatic carbocycles. The summed E-state index contributed by atoms with van der Waals surface area (Å²) in [5.41, 5.74) is -0.0267. The van der Waals surface area contributed by atoms with E-state index in [1.807, 2.05) is 0 Å².